The number of halogens is 1. The third-order valence-electron chi connectivity index (χ3n) is 18.8. The SMILES string of the molecule is Brc1ccc2ccc3ccccc3c2c1.CC1(C)OB(c2ccc3c(c2)c2ccc4ccccc4c2c2nc4ccccc4n32)OC1(C)C.c1ccc2c(c1)ccc1ccc(-c3ccc4c(c3)c3ccc5ccccc5c3c3nc5ccccc5n43)cc12. The van der Waals surface area contributed by atoms with Crippen LogP contribution in [-0.2, 0) is 9.31 Å². The highest BCUT2D eigenvalue weighted by Gasteiger charge is 2.51. The fourth-order valence-corrected chi connectivity index (χ4v) is 14.1. The topological polar surface area (TPSA) is 53.1 Å². The summed E-state index contributed by atoms with van der Waals surface area (Å²) in [5.74, 6) is 0. The Balaban J connectivity index is 0.000000112. The van der Waals surface area contributed by atoms with Crippen LogP contribution in [0.3, 0.4) is 0 Å². The Kier molecular flexibility index (Phi) is 11.9. The van der Waals surface area contributed by atoms with E-state index >= 15 is 0 Å². The zero-order valence-electron chi connectivity index (χ0n) is 49.0. The number of fused-ring (bicyclic) bond motifs is 26. The van der Waals surface area contributed by atoms with Crippen LogP contribution >= 0.6 is 15.9 Å². The molecule has 0 saturated carbocycles. The van der Waals surface area contributed by atoms with Gasteiger partial charge in [-0.15, -0.1) is 0 Å². The quantitative estimate of drug-likeness (QED) is 0.128. The van der Waals surface area contributed by atoms with Crippen molar-refractivity contribution in [2.75, 3.05) is 0 Å². The fraction of sp³-hybridized carbons (Fsp3) is 0.0750. The molecule has 418 valence electrons. The lowest BCUT2D eigenvalue weighted by Gasteiger charge is -2.32. The summed E-state index contributed by atoms with van der Waals surface area (Å²) in [6.45, 7) is 8.38. The number of hydrogen-bond acceptors (Lipinski definition) is 4. The summed E-state index contributed by atoms with van der Waals surface area (Å²) in [7, 11) is -0.403. The van der Waals surface area contributed by atoms with Crippen molar-refractivity contribution in [3.63, 3.8) is 0 Å². The highest BCUT2D eigenvalue weighted by atomic mass is 79.9. The molecule has 5 heterocycles. The zero-order valence-corrected chi connectivity index (χ0v) is 50.6. The molecule has 6 nitrogen and oxygen atoms in total. The highest BCUT2D eigenvalue weighted by molar-refractivity contribution is 9.10. The minimum atomic E-state index is -0.403. The molecule has 0 N–H and O–H groups in total. The van der Waals surface area contributed by atoms with E-state index in [0.29, 0.717) is 0 Å². The van der Waals surface area contributed by atoms with Gasteiger partial charge in [0, 0.05) is 26.0 Å². The predicted molar refractivity (Wildman–Crippen MR) is 376 cm³/mol. The van der Waals surface area contributed by atoms with E-state index < -0.39 is 7.12 Å². The average molecular weight is 1200 g/mol. The normalized spacial score (nSPS) is 14.0. The van der Waals surface area contributed by atoms with Crippen LogP contribution in [0.5, 0.6) is 0 Å². The zero-order chi connectivity index (χ0) is 59.0. The third-order valence-corrected chi connectivity index (χ3v) is 19.3. The Bertz CT molecular complexity index is 5930. The Morgan fingerprint density at radius 1 is 0.318 bits per heavy atom. The minimum Gasteiger partial charge on any atom is -0.399 e. The van der Waals surface area contributed by atoms with E-state index in [2.05, 4.69) is 313 Å². The Hall–Kier alpha value is -9.96. The van der Waals surface area contributed by atoms with Gasteiger partial charge in [-0.1, -0.05) is 222 Å². The largest absolute Gasteiger partial charge is 0.494 e. The van der Waals surface area contributed by atoms with Gasteiger partial charge in [0.2, 0.25) is 0 Å². The summed E-state index contributed by atoms with van der Waals surface area (Å²) in [4.78, 5) is 10.2. The molecular formula is C80H56BBrN4O2. The van der Waals surface area contributed by atoms with E-state index in [1.807, 2.05) is 6.07 Å². The van der Waals surface area contributed by atoms with E-state index in [4.69, 9.17) is 19.3 Å². The molecule has 14 aromatic carbocycles. The van der Waals surface area contributed by atoms with Gasteiger partial charge in [-0.25, -0.2) is 9.97 Å². The number of benzene rings is 14. The molecule has 0 amide bonds. The number of imidazole rings is 2. The number of para-hydroxylation sites is 4. The number of pyridine rings is 2. The smallest absolute Gasteiger partial charge is 0.399 e. The van der Waals surface area contributed by atoms with Gasteiger partial charge in [-0.2, -0.15) is 0 Å². The molecule has 1 saturated heterocycles. The lowest BCUT2D eigenvalue weighted by Crippen LogP contribution is -2.41. The Labute approximate surface area is 516 Å². The van der Waals surface area contributed by atoms with Crippen molar-refractivity contribution in [1.29, 1.82) is 0 Å². The van der Waals surface area contributed by atoms with Gasteiger partial charge in [0.15, 0.2) is 0 Å². The molecule has 0 radical (unpaired) electrons. The maximum Gasteiger partial charge on any atom is 0.494 e. The maximum atomic E-state index is 6.38. The van der Waals surface area contributed by atoms with E-state index in [-0.39, 0.29) is 11.2 Å². The first-order valence-electron chi connectivity index (χ1n) is 30.2. The molecule has 88 heavy (non-hydrogen) atoms. The van der Waals surface area contributed by atoms with Gasteiger partial charge < -0.3 is 9.31 Å². The molecule has 0 aliphatic carbocycles. The van der Waals surface area contributed by atoms with Crippen LogP contribution in [0, 0.1) is 0 Å². The molecule has 1 aliphatic heterocycles. The maximum absolute atomic E-state index is 6.38. The second-order valence-electron chi connectivity index (χ2n) is 24.4. The van der Waals surface area contributed by atoms with Gasteiger partial charge in [-0.3, -0.25) is 8.80 Å². The minimum absolute atomic E-state index is 0.380. The Morgan fingerprint density at radius 2 is 0.693 bits per heavy atom. The van der Waals surface area contributed by atoms with Gasteiger partial charge in [0.1, 0.15) is 11.3 Å². The lowest BCUT2D eigenvalue weighted by atomic mass is 9.78. The molecule has 0 atom stereocenters. The molecule has 0 unspecified atom stereocenters. The second-order valence-corrected chi connectivity index (χ2v) is 25.3. The van der Waals surface area contributed by atoms with Crippen molar-refractivity contribution >= 4 is 170 Å². The summed E-state index contributed by atoms with van der Waals surface area (Å²) in [6.07, 6.45) is 0. The molecule has 18 aromatic rings. The van der Waals surface area contributed by atoms with E-state index in [0.717, 1.165) is 48.8 Å². The van der Waals surface area contributed by atoms with Crippen LogP contribution in [0.2, 0.25) is 0 Å². The molecule has 0 spiro atoms. The monoisotopic (exact) mass is 1190 g/mol. The summed E-state index contributed by atoms with van der Waals surface area (Å²) >= 11 is 3.52. The first-order valence-corrected chi connectivity index (χ1v) is 30.9. The lowest BCUT2D eigenvalue weighted by molar-refractivity contribution is 0.00578. The van der Waals surface area contributed by atoms with Crippen LogP contribution in [0.1, 0.15) is 27.7 Å². The van der Waals surface area contributed by atoms with Crippen molar-refractivity contribution in [3.05, 3.63) is 271 Å². The molecule has 1 aliphatic rings. The molecular weight excluding hydrogens is 1140 g/mol. The van der Waals surface area contributed by atoms with E-state index in [9.17, 15) is 0 Å². The number of hydrogen-bond donors (Lipinski definition) is 0. The number of rotatable bonds is 2. The van der Waals surface area contributed by atoms with Gasteiger partial charge >= 0.3 is 7.12 Å². The number of nitrogens with zero attached hydrogens (tertiary/aromatic N) is 4. The van der Waals surface area contributed by atoms with Crippen LogP contribution < -0.4 is 5.46 Å². The Morgan fingerprint density at radius 3 is 1.23 bits per heavy atom. The van der Waals surface area contributed by atoms with Crippen LogP contribution in [0.25, 0.3) is 152 Å². The second kappa shape index (κ2) is 20.1. The van der Waals surface area contributed by atoms with Crippen molar-refractivity contribution in [1.82, 2.24) is 18.8 Å². The van der Waals surface area contributed by atoms with E-state index in [1.54, 1.807) is 0 Å². The fourth-order valence-electron chi connectivity index (χ4n) is 13.7. The van der Waals surface area contributed by atoms with Crippen molar-refractivity contribution in [2.24, 2.45) is 0 Å². The van der Waals surface area contributed by atoms with Gasteiger partial charge in [-0.05, 0) is 180 Å². The average Bonchev–Trinajstić information content (AvgIpc) is 1.50. The van der Waals surface area contributed by atoms with Crippen LogP contribution in [0.15, 0.2) is 271 Å². The van der Waals surface area contributed by atoms with Crippen molar-refractivity contribution in [2.45, 2.75) is 38.9 Å². The highest BCUT2D eigenvalue weighted by Crippen LogP contribution is 2.42. The third kappa shape index (κ3) is 8.31. The van der Waals surface area contributed by atoms with Gasteiger partial charge in [0.05, 0.1) is 44.3 Å². The van der Waals surface area contributed by atoms with Gasteiger partial charge in [0.25, 0.3) is 0 Å². The molecule has 4 aromatic heterocycles. The van der Waals surface area contributed by atoms with Crippen molar-refractivity contribution < 1.29 is 9.31 Å². The number of aromatic nitrogens is 4. The summed E-state index contributed by atoms with van der Waals surface area (Å²) in [6, 6.07) is 95.6. The molecule has 8 heteroatoms. The summed E-state index contributed by atoms with van der Waals surface area (Å²) in [5.41, 5.74) is 11.3. The van der Waals surface area contributed by atoms with Crippen LogP contribution in [-0.4, -0.2) is 37.1 Å². The first kappa shape index (κ1) is 52.4. The first-order chi connectivity index (χ1) is 43.0. The summed E-state index contributed by atoms with van der Waals surface area (Å²) < 4.78 is 18.5. The standard InChI is InChI=1S/C37H22N2.C29H25BN2O2.C14H9Br/c1-3-9-28-23(7-1)13-14-25-15-16-26(21-31(25)28)27-18-20-34-32(22-27)30-19-17-24-8-2-4-10-29(24)36(30)37-38-33-11-5-6-12-35(33)39(34)37;1-28(2)29(3,4)34-30(33-28)19-14-16-24-22(17-19)21-15-13-18-9-5-6-10-20(18)26(21)27-31-23-11-7-8-12-25(23)32(24)27;15-12-8-7-11-6-5-10-3-1-2-4-13(10)14(11)9-12/h1-22H;5-17H,1-4H3;1-9H. The van der Waals surface area contributed by atoms with E-state index in [1.165, 1.54) is 114 Å². The molecule has 19 rings (SSSR count). The van der Waals surface area contributed by atoms with Crippen LogP contribution in [0.4, 0.5) is 0 Å². The predicted octanol–water partition coefficient (Wildman–Crippen LogP) is 20.9. The molecule has 1 fully saturated rings. The van der Waals surface area contributed by atoms with Crippen molar-refractivity contribution in [3.8, 4) is 11.1 Å². The summed E-state index contributed by atoms with van der Waals surface area (Å²) in [5, 5.41) is 22.4. The molecule has 0 bridgehead atoms.